The van der Waals surface area contributed by atoms with Gasteiger partial charge in [0.05, 0.1) is 12.7 Å². The minimum absolute atomic E-state index is 0.0490. The zero-order valence-electron chi connectivity index (χ0n) is 16.5. The molecule has 2 N–H and O–H groups in total. The minimum atomic E-state index is -0.962. The molecule has 2 heterocycles. The van der Waals surface area contributed by atoms with Crippen LogP contribution in [0.2, 0.25) is 0 Å². The number of allylic oxidation sites excluding steroid dienone is 2. The highest BCUT2D eigenvalue weighted by Crippen LogP contribution is 2.37. The molecule has 1 aromatic carbocycles. The first kappa shape index (κ1) is 19.0. The standard InChI is InChI=1S/C22H26N2O3/c1-6-7-10-24-13-18(17-11-14(2)23-20(17)21(24)25)16-9-8-15(22(3,4)26)12-19(16)27-5/h6-9,11-13,23,26H,10H2,1-5H3/b7-6+. The second kappa shape index (κ2) is 7.08. The van der Waals surface area contributed by atoms with Crippen LogP contribution in [-0.2, 0) is 12.1 Å². The first-order valence-electron chi connectivity index (χ1n) is 9.01. The highest BCUT2D eigenvalue weighted by atomic mass is 16.5. The van der Waals surface area contributed by atoms with E-state index in [1.54, 1.807) is 25.5 Å². The second-order valence-corrected chi connectivity index (χ2v) is 7.28. The molecule has 3 rings (SSSR count). The molecule has 0 aliphatic rings. The largest absolute Gasteiger partial charge is 0.496 e. The zero-order valence-corrected chi connectivity index (χ0v) is 16.5. The fourth-order valence-electron chi connectivity index (χ4n) is 3.26. The van der Waals surface area contributed by atoms with Crippen molar-refractivity contribution in [3.63, 3.8) is 0 Å². The Hall–Kier alpha value is -2.79. The highest BCUT2D eigenvalue weighted by molar-refractivity contribution is 5.96. The van der Waals surface area contributed by atoms with Crippen LogP contribution in [0.4, 0.5) is 0 Å². The Morgan fingerprint density at radius 1 is 1.26 bits per heavy atom. The molecule has 0 saturated heterocycles. The summed E-state index contributed by atoms with van der Waals surface area (Å²) in [6.45, 7) is 7.86. The number of nitrogens with one attached hydrogen (secondary N) is 1. The van der Waals surface area contributed by atoms with Gasteiger partial charge in [-0.05, 0) is 45.4 Å². The average Bonchev–Trinajstić information content (AvgIpc) is 3.02. The summed E-state index contributed by atoms with van der Waals surface area (Å²) >= 11 is 0. The van der Waals surface area contributed by atoms with Crippen molar-refractivity contribution in [2.45, 2.75) is 39.8 Å². The maximum atomic E-state index is 12.8. The molecule has 0 bridgehead atoms. The molecule has 0 spiro atoms. The van der Waals surface area contributed by atoms with Crippen LogP contribution in [0.25, 0.3) is 22.0 Å². The lowest BCUT2D eigenvalue weighted by molar-refractivity contribution is 0.0783. The van der Waals surface area contributed by atoms with E-state index in [9.17, 15) is 9.90 Å². The van der Waals surface area contributed by atoms with Crippen LogP contribution in [0.5, 0.6) is 5.75 Å². The summed E-state index contributed by atoms with van der Waals surface area (Å²) in [5.74, 6) is 0.658. The lowest BCUT2D eigenvalue weighted by atomic mass is 9.94. The molecular formula is C22H26N2O3. The van der Waals surface area contributed by atoms with Gasteiger partial charge < -0.3 is 19.4 Å². The van der Waals surface area contributed by atoms with Gasteiger partial charge in [0.2, 0.25) is 0 Å². The van der Waals surface area contributed by atoms with Crippen LogP contribution < -0.4 is 10.3 Å². The molecular weight excluding hydrogens is 340 g/mol. The third-order valence-electron chi connectivity index (χ3n) is 4.74. The minimum Gasteiger partial charge on any atom is -0.496 e. The van der Waals surface area contributed by atoms with E-state index in [0.717, 1.165) is 27.8 Å². The summed E-state index contributed by atoms with van der Waals surface area (Å²) in [7, 11) is 1.61. The van der Waals surface area contributed by atoms with Crippen molar-refractivity contribution in [1.82, 2.24) is 9.55 Å². The molecule has 5 nitrogen and oxygen atoms in total. The zero-order chi connectivity index (χ0) is 19.8. The maximum absolute atomic E-state index is 12.8. The third kappa shape index (κ3) is 3.55. The van der Waals surface area contributed by atoms with Crippen molar-refractivity contribution < 1.29 is 9.84 Å². The Balaban J connectivity index is 2.30. The average molecular weight is 366 g/mol. The van der Waals surface area contributed by atoms with E-state index in [-0.39, 0.29) is 5.56 Å². The molecule has 27 heavy (non-hydrogen) atoms. The van der Waals surface area contributed by atoms with Gasteiger partial charge in [-0.15, -0.1) is 0 Å². The Labute approximate surface area is 158 Å². The Morgan fingerprint density at radius 2 is 2.00 bits per heavy atom. The number of benzene rings is 1. The van der Waals surface area contributed by atoms with E-state index in [1.807, 2.05) is 56.5 Å². The van der Waals surface area contributed by atoms with Crippen molar-refractivity contribution in [3.8, 4) is 16.9 Å². The van der Waals surface area contributed by atoms with Crippen LogP contribution >= 0.6 is 0 Å². The Morgan fingerprint density at radius 3 is 2.63 bits per heavy atom. The van der Waals surface area contributed by atoms with E-state index in [4.69, 9.17) is 4.74 Å². The summed E-state index contributed by atoms with van der Waals surface area (Å²) in [6.07, 6.45) is 5.75. The second-order valence-electron chi connectivity index (χ2n) is 7.28. The number of aryl methyl sites for hydroxylation is 1. The number of hydrogen-bond donors (Lipinski definition) is 2. The first-order chi connectivity index (χ1) is 12.8. The molecule has 0 radical (unpaired) electrons. The molecule has 0 fully saturated rings. The molecule has 142 valence electrons. The molecule has 2 aromatic heterocycles. The fraction of sp³-hybridized carbons (Fsp3) is 0.318. The number of hydrogen-bond acceptors (Lipinski definition) is 3. The van der Waals surface area contributed by atoms with Gasteiger partial charge in [-0.25, -0.2) is 0 Å². The number of ether oxygens (including phenoxy) is 1. The number of rotatable bonds is 5. The molecule has 3 aromatic rings. The number of aromatic nitrogens is 2. The van der Waals surface area contributed by atoms with Gasteiger partial charge in [-0.1, -0.05) is 24.3 Å². The van der Waals surface area contributed by atoms with Crippen molar-refractivity contribution in [2.75, 3.05) is 7.11 Å². The van der Waals surface area contributed by atoms with Gasteiger partial charge in [0.15, 0.2) is 0 Å². The topological polar surface area (TPSA) is 67.2 Å². The quantitative estimate of drug-likeness (QED) is 0.668. The summed E-state index contributed by atoms with van der Waals surface area (Å²) in [6, 6.07) is 7.66. The van der Waals surface area contributed by atoms with Gasteiger partial charge in [0.1, 0.15) is 11.3 Å². The van der Waals surface area contributed by atoms with Crippen molar-refractivity contribution in [3.05, 3.63) is 64.2 Å². The van der Waals surface area contributed by atoms with Crippen molar-refractivity contribution >= 4 is 10.9 Å². The fourth-order valence-corrected chi connectivity index (χ4v) is 3.26. The predicted octanol–water partition coefficient (Wildman–Crippen LogP) is 4.12. The van der Waals surface area contributed by atoms with E-state index in [2.05, 4.69) is 4.98 Å². The Kier molecular flexibility index (Phi) is 4.98. The number of H-pyrrole nitrogens is 1. The molecule has 0 saturated carbocycles. The monoisotopic (exact) mass is 366 g/mol. The number of nitrogens with zero attached hydrogens (tertiary/aromatic N) is 1. The van der Waals surface area contributed by atoms with Crippen LogP contribution in [0.15, 0.2) is 47.4 Å². The summed E-state index contributed by atoms with van der Waals surface area (Å²) in [4.78, 5) is 16.0. The maximum Gasteiger partial charge on any atom is 0.275 e. The van der Waals surface area contributed by atoms with Crippen molar-refractivity contribution in [1.29, 1.82) is 0 Å². The summed E-state index contributed by atoms with van der Waals surface area (Å²) in [5, 5.41) is 11.2. The van der Waals surface area contributed by atoms with Gasteiger partial charge in [-0.3, -0.25) is 4.79 Å². The molecule has 0 aliphatic carbocycles. The highest BCUT2D eigenvalue weighted by Gasteiger charge is 2.20. The molecule has 0 atom stereocenters. The van der Waals surface area contributed by atoms with E-state index >= 15 is 0 Å². The van der Waals surface area contributed by atoms with Gasteiger partial charge in [0, 0.05) is 34.9 Å². The molecule has 0 unspecified atom stereocenters. The predicted molar refractivity (Wildman–Crippen MR) is 109 cm³/mol. The van der Waals surface area contributed by atoms with Crippen molar-refractivity contribution in [2.24, 2.45) is 0 Å². The van der Waals surface area contributed by atoms with Crippen LogP contribution in [0.3, 0.4) is 0 Å². The van der Waals surface area contributed by atoms with E-state index in [1.165, 1.54) is 0 Å². The lowest BCUT2D eigenvalue weighted by Crippen LogP contribution is -2.20. The van der Waals surface area contributed by atoms with E-state index in [0.29, 0.717) is 17.8 Å². The van der Waals surface area contributed by atoms with Gasteiger partial charge >= 0.3 is 0 Å². The smallest absolute Gasteiger partial charge is 0.275 e. The van der Waals surface area contributed by atoms with Gasteiger partial charge in [0.25, 0.3) is 5.56 Å². The summed E-state index contributed by atoms with van der Waals surface area (Å²) < 4.78 is 7.31. The number of aromatic amines is 1. The number of pyridine rings is 1. The number of aliphatic hydroxyl groups is 1. The third-order valence-corrected chi connectivity index (χ3v) is 4.74. The summed E-state index contributed by atoms with van der Waals surface area (Å²) in [5.41, 5.74) is 3.07. The first-order valence-corrected chi connectivity index (χ1v) is 9.01. The number of methoxy groups -OCH3 is 1. The molecule has 5 heteroatoms. The van der Waals surface area contributed by atoms with Crippen LogP contribution in [0, 0.1) is 6.92 Å². The van der Waals surface area contributed by atoms with Gasteiger partial charge in [-0.2, -0.15) is 0 Å². The Bertz CT molecular complexity index is 1070. The van der Waals surface area contributed by atoms with Crippen LogP contribution in [-0.4, -0.2) is 21.8 Å². The van der Waals surface area contributed by atoms with Crippen LogP contribution in [0.1, 0.15) is 32.0 Å². The normalized spacial score (nSPS) is 12.2. The van der Waals surface area contributed by atoms with E-state index < -0.39 is 5.60 Å². The number of fused-ring (bicyclic) bond motifs is 1. The SMILES string of the molecule is C/C=C/Cn1cc(-c2ccc(C(C)(C)O)cc2OC)c2cc(C)[nH]c2c1=O. The lowest BCUT2D eigenvalue weighted by Gasteiger charge is -2.20. The molecule has 0 amide bonds. The molecule has 0 aliphatic heterocycles.